The van der Waals surface area contributed by atoms with E-state index in [1.165, 1.54) is 5.56 Å². The molecule has 0 spiro atoms. The van der Waals surface area contributed by atoms with E-state index < -0.39 is 6.10 Å². The molecule has 2 aromatic carbocycles. The van der Waals surface area contributed by atoms with E-state index in [0.29, 0.717) is 6.42 Å². The maximum absolute atomic E-state index is 10.7. The van der Waals surface area contributed by atoms with Crippen molar-refractivity contribution in [3.05, 3.63) is 62.6 Å². The minimum atomic E-state index is -0.506. The molecule has 0 amide bonds. The number of fused-ring (bicyclic) bond motifs is 1. The number of aliphatic hydroxyl groups is 1. The molecular weight excluding hydrogens is 328 g/mol. The number of halogens is 1. The van der Waals surface area contributed by atoms with Gasteiger partial charge in [-0.25, -0.2) is 0 Å². The summed E-state index contributed by atoms with van der Waals surface area (Å²) in [4.78, 5) is 0. The van der Waals surface area contributed by atoms with Gasteiger partial charge in [-0.2, -0.15) is 0 Å². The molecule has 0 aromatic heterocycles. The normalized spacial score (nSPS) is 14.7. The Morgan fingerprint density at radius 1 is 1.24 bits per heavy atom. The van der Waals surface area contributed by atoms with Crippen molar-refractivity contribution in [3.63, 3.8) is 0 Å². The Balaban J connectivity index is 1.94. The van der Waals surface area contributed by atoms with Crippen molar-refractivity contribution in [3.8, 4) is 5.75 Å². The smallest absolute Gasteiger partial charge is 0.125 e. The average Bonchev–Trinajstić information content (AvgIpc) is 2.86. The van der Waals surface area contributed by atoms with E-state index in [-0.39, 0.29) is 0 Å². The molecule has 1 aliphatic heterocycles. The van der Waals surface area contributed by atoms with Gasteiger partial charge < -0.3 is 9.84 Å². The van der Waals surface area contributed by atoms with Crippen LogP contribution in [0.25, 0.3) is 0 Å². The molecule has 3 heteroatoms. The van der Waals surface area contributed by atoms with E-state index in [1.807, 2.05) is 32.0 Å². The molecule has 0 fully saturated rings. The average molecular weight is 347 g/mol. The molecule has 0 saturated carbocycles. The third-order valence-electron chi connectivity index (χ3n) is 4.11. The molecule has 1 N–H and O–H groups in total. The van der Waals surface area contributed by atoms with Crippen LogP contribution in [-0.2, 0) is 12.8 Å². The number of aliphatic hydroxyl groups excluding tert-OH is 1. The Kier molecular flexibility index (Phi) is 4.05. The van der Waals surface area contributed by atoms with E-state index in [0.717, 1.165) is 45.5 Å². The number of aryl methyl sites for hydroxylation is 2. The summed E-state index contributed by atoms with van der Waals surface area (Å²) < 4.78 is 6.80. The van der Waals surface area contributed by atoms with Gasteiger partial charge >= 0.3 is 0 Å². The minimum Gasteiger partial charge on any atom is -0.493 e. The van der Waals surface area contributed by atoms with E-state index in [4.69, 9.17) is 4.74 Å². The zero-order valence-electron chi connectivity index (χ0n) is 12.3. The summed E-state index contributed by atoms with van der Waals surface area (Å²) in [5.74, 6) is 0.962. The van der Waals surface area contributed by atoms with E-state index in [9.17, 15) is 5.11 Å². The van der Waals surface area contributed by atoms with E-state index >= 15 is 0 Å². The summed E-state index contributed by atoms with van der Waals surface area (Å²) in [5.41, 5.74) is 5.61. The molecule has 2 aromatic rings. The van der Waals surface area contributed by atoms with Crippen molar-refractivity contribution in [1.82, 2.24) is 0 Å². The van der Waals surface area contributed by atoms with Crippen LogP contribution in [0.4, 0.5) is 0 Å². The van der Waals surface area contributed by atoms with Gasteiger partial charge in [0.25, 0.3) is 0 Å². The first kappa shape index (κ1) is 14.6. The molecule has 3 rings (SSSR count). The Morgan fingerprint density at radius 3 is 2.67 bits per heavy atom. The first-order chi connectivity index (χ1) is 10.1. The summed E-state index contributed by atoms with van der Waals surface area (Å²) in [6, 6.07) is 10.3. The fourth-order valence-electron chi connectivity index (χ4n) is 3.16. The molecule has 1 aliphatic rings. The summed E-state index contributed by atoms with van der Waals surface area (Å²) in [7, 11) is 0. The van der Waals surface area contributed by atoms with Gasteiger partial charge in [0.1, 0.15) is 5.75 Å². The quantitative estimate of drug-likeness (QED) is 0.898. The monoisotopic (exact) mass is 346 g/mol. The fourth-order valence-corrected chi connectivity index (χ4v) is 3.71. The third kappa shape index (κ3) is 2.85. The lowest BCUT2D eigenvalue weighted by Gasteiger charge is -2.18. The zero-order valence-corrected chi connectivity index (χ0v) is 13.9. The van der Waals surface area contributed by atoms with Crippen LogP contribution < -0.4 is 4.74 Å². The minimum absolute atomic E-state index is 0.506. The second kappa shape index (κ2) is 5.82. The number of benzene rings is 2. The van der Waals surface area contributed by atoms with Crippen LogP contribution in [0.2, 0.25) is 0 Å². The largest absolute Gasteiger partial charge is 0.493 e. The third-order valence-corrected chi connectivity index (χ3v) is 4.57. The van der Waals surface area contributed by atoms with Crippen LogP contribution in [0.5, 0.6) is 5.75 Å². The van der Waals surface area contributed by atoms with Crippen molar-refractivity contribution >= 4 is 15.9 Å². The first-order valence-corrected chi connectivity index (χ1v) is 8.04. The van der Waals surface area contributed by atoms with Crippen LogP contribution in [0.15, 0.2) is 34.8 Å². The second-order valence-corrected chi connectivity index (χ2v) is 6.59. The number of rotatable bonds is 3. The molecule has 21 heavy (non-hydrogen) atoms. The fraction of sp³-hybridized carbons (Fsp3) is 0.333. The van der Waals surface area contributed by atoms with Crippen molar-refractivity contribution in [2.45, 2.75) is 32.8 Å². The number of hydrogen-bond acceptors (Lipinski definition) is 2. The lowest BCUT2D eigenvalue weighted by Crippen LogP contribution is -2.07. The summed E-state index contributed by atoms with van der Waals surface area (Å²) in [6.07, 6.45) is 1.02. The number of ether oxygens (including phenoxy) is 1. The van der Waals surface area contributed by atoms with Gasteiger partial charge in [-0.3, -0.25) is 0 Å². The lowest BCUT2D eigenvalue weighted by atomic mass is 9.93. The lowest BCUT2D eigenvalue weighted by molar-refractivity contribution is 0.175. The predicted octanol–water partition coefficient (Wildman–Crippen LogP) is 4.28. The van der Waals surface area contributed by atoms with Crippen LogP contribution in [0, 0.1) is 13.8 Å². The Morgan fingerprint density at radius 2 is 1.95 bits per heavy atom. The molecule has 1 unspecified atom stereocenters. The molecule has 2 nitrogen and oxygen atoms in total. The van der Waals surface area contributed by atoms with Gasteiger partial charge in [-0.05, 0) is 53.8 Å². The molecule has 110 valence electrons. The second-order valence-electron chi connectivity index (χ2n) is 5.68. The maximum Gasteiger partial charge on any atom is 0.125 e. The van der Waals surface area contributed by atoms with Crippen LogP contribution in [0.1, 0.15) is 33.9 Å². The van der Waals surface area contributed by atoms with Crippen LogP contribution >= 0.6 is 15.9 Å². The van der Waals surface area contributed by atoms with Crippen molar-refractivity contribution < 1.29 is 9.84 Å². The highest BCUT2D eigenvalue weighted by atomic mass is 79.9. The Hall–Kier alpha value is -1.32. The molecular formula is C18H19BrO2. The Bertz CT molecular complexity index is 659. The predicted molar refractivity (Wildman–Crippen MR) is 87.9 cm³/mol. The number of hydrogen-bond donors (Lipinski definition) is 1. The summed E-state index contributed by atoms with van der Waals surface area (Å²) in [5, 5.41) is 10.7. The highest BCUT2D eigenvalue weighted by molar-refractivity contribution is 9.10. The van der Waals surface area contributed by atoms with Gasteiger partial charge in [-0.1, -0.05) is 34.1 Å². The van der Waals surface area contributed by atoms with Gasteiger partial charge in [0.15, 0.2) is 0 Å². The summed E-state index contributed by atoms with van der Waals surface area (Å²) in [6.45, 7) is 4.83. The van der Waals surface area contributed by atoms with Crippen LogP contribution in [0.3, 0.4) is 0 Å². The first-order valence-electron chi connectivity index (χ1n) is 7.24. The van der Waals surface area contributed by atoms with Gasteiger partial charge in [0.05, 0.1) is 12.7 Å². The highest BCUT2D eigenvalue weighted by Crippen LogP contribution is 2.36. The van der Waals surface area contributed by atoms with Gasteiger partial charge in [0.2, 0.25) is 0 Å². The van der Waals surface area contributed by atoms with Crippen molar-refractivity contribution in [1.29, 1.82) is 0 Å². The summed E-state index contributed by atoms with van der Waals surface area (Å²) >= 11 is 3.55. The Labute approximate surface area is 133 Å². The topological polar surface area (TPSA) is 29.5 Å². The van der Waals surface area contributed by atoms with Crippen LogP contribution in [-0.4, -0.2) is 11.7 Å². The SMILES string of the molecule is Cc1cccc(C)c1C(O)Cc1cc(Br)cc2c1OCC2. The van der Waals surface area contributed by atoms with Gasteiger partial charge in [-0.15, -0.1) is 0 Å². The molecule has 0 aliphatic carbocycles. The molecule has 0 radical (unpaired) electrons. The maximum atomic E-state index is 10.7. The highest BCUT2D eigenvalue weighted by Gasteiger charge is 2.21. The zero-order chi connectivity index (χ0) is 15.0. The standard InChI is InChI=1S/C18H19BrO2/c1-11-4-3-5-12(2)17(11)16(20)10-14-9-15(19)8-13-6-7-21-18(13)14/h3-5,8-9,16,20H,6-7,10H2,1-2H3. The van der Waals surface area contributed by atoms with Gasteiger partial charge in [0, 0.05) is 17.3 Å². The van der Waals surface area contributed by atoms with E-state index in [1.54, 1.807) is 0 Å². The van der Waals surface area contributed by atoms with E-state index in [2.05, 4.69) is 28.1 Å². The molecule has 1 heterocycles. The molecule has 0 bridgehead atoms. The molecule has 1 atom stereocenters. The molecule has 0 saturated heterocycles. The van der Waals surface area contributed by atoms with Crippen molar-refractivity contribution in [2.75, 3.05) is 6.61 Å². The van der Waals surface area contributed by atoms with Crippen molar-refractivity contribution in [2.24, 2.45) is 0 Å².